The minimum absolute atomic E-state index is 0.000722. The number of rotatable bonds is 5. The van der Waals surface area contributed by atoms with Gasteiger partial charge in [0.15, 0.2) is 5.78 Å². The third-order valence-corrected chi connectivity index (χ3v) is 8.27. The number of aldehydes is 1. The average molecular weight is 420 g/mol. The number of carboxylic acids is 1. The Morgan fingerprint density at radius 2 is 1.97 bits per heavy atom. The van der Waals surface area contributed by atoms with Gasteiger partial charge in [0, 0.05) is 23.8 Å². The van der Waals surface area contributed by atoms with Gasteiger partial charge in [-0.05, 0) is 66.9 Å². The Morgan fingerprint density at radius 3 is 2.63 bits per heavy atom. The molecule has 0 spiro atoms. The standard InChI is InChI=1S/C22H29NO7/c24-10-19(27)17-6-5-16-15-3-1-12-7-13(23(30)9-20(28)29)2-4-14(12)21(15)18(26)8-22(16,17)11-25/h7,11,14-18,21,24,26H,1-6,8-10H2,(H-,28,29,30)/p+1/b23-13+/t14-,15-,16-,17+,18-,21+,22+/m0/s1. The number of aliphatic hydroxyl groups excluding tert-OH is 2. The molecule has 0 amide bonds. The Labute approximate surface area is 174 Å². The number of carbonyl (C=O) groups is 3. The summed E-state index contributed by atoms with van der Waals surface area (Å²) in [5.41, 5.74) is 0.835. The van der Waals surface area contributed by atoms with E-state index in [0.717, 1.165) is 42.3 Å². The number of ketones is 1. The molecule has 4 N–H and O–H groups in total. The summed E-state index contributed by atoms with van der Waals surface area (Å²) in [7, 11) is 0. The molecule has 0 unspecified atom stereocenters. The van der Waals surface area contributed by atoms with Crippen LogP contribution >= 0.6 is 0 Å². The SMILES string of the molecule is O=C[C@]12C[C@H](O)[C@H]3[C@@H](CCC4=C/C(=[N+](/O)CC(=O)O)CC[C@@H]43)[C@@H]1CC[C@@H]2C(=O)CO. The van der Waals surface area contributed by atoms with Gasteiger partial charge >= 0.3 is 5.97 Å². The van der Waals surface area contributed by atoms with Crippen LogP contribution in [0.3, 0.4) is 0 Å². The Morgan fingerprint density at radius 1 is 1.20 bits per heavy atom. The first-order valence-corrected chi connectivity index (χ1v) is 10.8. The quantitative estimate of drug-likeness (QED) is 0.224. The van der Waals surface area contributed by atoms with E-state index in [1.165, 1.54) is 0 Å². The van der Waals surface area contributed by atoms with Crippen LogP contribution in [-0.2, 0) is 14.4 Å². The Kier molecular flexibility index (Phi) is 5.57. The molecule has 0 aromatic carbocycles. The Balaban J connectivity index is 1.63. The maximum atomic E-state index is 12.3. The Bertz CT molecular complexity index is 818. The monoisotopic (exact) mass is 420 g/mol. The zero-order chi connectivity index (χ0) is 21.6. The summed E-state index contributed by atoms with van der Waals surface area (Å²) < 4.78 is 0.786. The van der Waals surface area contributed by atoms with Gasteiger partial charge in [-0.3, -0.25) is 10.0 Å². The van der Waals surface area contributed by atoms with Gasteiger partial charge in [0.05, 0.1) is 6.10 Å². The lowest BCUT2D eigenvalue weighted by Crippen LogP contribution is -2.55. The van der Waals surface area contributed by atoms with Crippen LogP contribution in [0.2, 0.25) is 0 Å². The first kappa shape index (κ1) is 21.2. The highest BCUT2D eigenvalue weighted by Gasteiger charge is 2.62. The van der Waals surface area contributed by atoms with Gasteiger partial charge in [-0.15, -0.1) is 0 Å². The van der Waals surface area contributed by atoms with E-state index in [0.29, 0.717) is 18.6 Å². The lowest BCUT2D eigenvalue weighted by atomic mass is 9.50. The maximum absolute atomic E-state index is 12.3. The molecule has 0 bridgehead atoms. The normalized spacial score (nSPS) is 41.7. The summed E-state index contributed by atoms with van der Waals surface area (Å²) in [6.07, 6.45) is 6.47. The number of nitrogens with zero attached hydrogens (tertiary/aromatic N) is 1. The van der Waals surface area contributed by atoms with E-state index >= 15 is 0 Å². The fourth-order valence-corrected chi connectivity index (χ4v) is 7.19. The number of hydrogen-bond acceptors (Lipinski definition) is 6. The lowest BCUT2D eigenvalue weighted by Gasteiger charge is -2.54. The van der Waals surface area contributed by atoms with Crippen LogP contribution in [0.4, 0.5) is 0 Å². The van der Waals surface area contributed by atoms with E-state index < -0.39 is 36.6 Å². The molecule has 3 saturated carbocycles. The van der Waals surface area contributed by atoms with E-state index in [1.807, 2.05) is 6.08 Å². The van der Waals surface area contributed by atoms with E-state index in [1.54, 1.807) is 0 Å². The van der Waals surface area contributed by atoms with Gasteiger partial charge in [0.2, 0.25) is 5.71 Å². The van der Waals surface area contributed by atoms with Gasteiger partial charge in [-0.1, -0.05) is 5.57 Å². The number of carboxylic acid groups (broad SMARTS) is 1. The van der Waals surface area contributed by atoms with Crippen molar-refractivity contribution in [3.05, 3.63) is 11.6 Å². The summed E-state index contributed by atoms with van der Waals surface area (Å²) in [5, 5.41) is 39.5. The third kappa shape index (κ3) is 3.21. The molecule has 0 aliphatic heterocycles. The highest BCUT2D eigenvalue weighted by atomic mass is 16.5. The van der Waals surface area contributed by atoms with Crippen molar-refractivity contribution < 1.29 is 39.6 Å². The van der Waals surface area contributed by atoms with E-state index in [2.05, 4.69) is 0 Å². The summed E-state index contributed by atoms with van der Waals surface area (Å²) in [5.74, 6) is -1.60. The first-order chi connectivity index (χ1) is 14.3. The fourth-order valence-electron chi connectivity index (χ4n) is 7.19. The topological polar surface area (TPSA) is 135 Å². The smallest absolute Gasteiger partial charge is 0.374 e. The van der Waals surface area contributed by atoms with E-state index in [9.17, 15) is 29.8 Å². The number of hydrogen-bond donors (Lipinski definition) is 4. The largest absolute Gasteiger partial charge is 0.476 e. The number of hydroxylamine groups is 1. The minimum atomic E-state index is -1.10. The molecule has 7 atom stereocenters. The van der Waals surface area contributed by atoms with Crippen molar-refractivity contribution in [1.29, 1.82) is 0 Å². The van der Waals surface area contributed by atoms with E-state index in [-0.39, 0.29) is 35.9 Å². The third-order valence-electron chi connectivity index (χ3n) is 8.27. The van der Waals surface area contributed by atoms with Gasteiger partial charge in [0.1, 0.15) is 12.9 Å². The van der Waals surface area contributed by atoms with E-state index in [4.69, 9.17) is 5.11 Å². The summed E-state index contributed by atoms with van der Waals surface area (Å²) >= 11 is 0. The molecule has 4 aliphatic rings. The van der Waals surface area contributed by atoms with Gasteiger partial charge < -0.3 is 20.1 Å². The fraction of sp³-hybridized carbons (Fsp3) is 0.727. The predicted molar refractivity (Wildman–Crippen MR) is 104 cm³/mol. The number of aliphatic carboxylic acids is 1. The van der Waals surface area contributed by atoms with Crippen LogP contribution in [0, 0.1) is 35.0 Å². The highest BCUT2D eigenvalue weighted by Crippen LogP contribution is 2.63. The summed E-state index contributed by atoms with van der Waals surface area (Å²) in [4.78, 5) is 35.5. The second-order valence-corrected chi connectivity index (χ2v) is 9.45. The molecule has 3 fully saturated rings. The second kappa shape index (κ2) is 7.89. The minimum Gasteiger partial charge on any atom is -0.476 e. The van der Waals surface area contributed by atoms with Gasteiger partial charge in [-0.2, -0.15) is 0 Å². The number of fused-ring (bicyclic) bond motifs is 5. The molecular weight excluding hydrogens is 390 g/mol. The maximum Gasteiger partial charge on any atom is 0.374 e. The molecule has 164 valence electrons. The van der Waals surface area contributed by atoms with Crippen molar-refractivity contribution in [3.63, 3.8) is 0 Å². The highest BCUT2D eigenvalue weighted by molar-refractivity contribution is 5.92. The number of allylic oxidation sites excluding steroid dienone is 2. The average Bonchev–Trinajstić information content (AvgIpc) is 3.11. The van der Waals surface area contributed by atoms with Crippen LogP contribution < -0.4 is 0 Å². The van der Waals surface area contributed by atoms with Crippen LogP contribution in [0.25, 0.3) is 0 Å². The van der Waals surface area contributed by atoms with Crippen LogP contribution in [0.1, 0.15) is 44.9 Å². The number of carbonyl (C=O) groups excluding carboxylic acids is 2. The zero-order valence-electron chi connectivity index (χ0n) is 16.9. The molecule has 8 heteroatoms. The summed E-state index contributed by atoms with van der Waals surface area (Å²) in [6, 6.07) is 0. The van der Waals surface area contributed by atoms with Gasteiger partial charge in [-0.25, -0.2) is 4.79 Å². The molecule has 0 aromatic rings. The van der Waals surface area contributed by atoms with Crippen molar-refractivity contribution in [2.75, 3.05) is 13.2 Å². The molecule has 30 heavy (non-hydrogen) atoms. The molecule has 4 rings (SSSR count). The van der Waals surface area contributed by atoms with Crippen molar-refractivity contribution >= 4 is 23.8 Å². The molecule has 8 nitrogen and oxygen atoms in total. The lowest BCUT2D eigenvalue weighted by molar-refractivity contribution is -0.767. The van der Waals surface area contributed by atoms with Crippen molar-refractivity contribution in [3.8, 4) is 0 Å². The molecule has 4 aliphatic carbocycles. The molecular formula is C22H30NO7+. The first-order valence-electron chi connectivity index (χ1n) is 10.8. The Hall–Kier alpha value is -2.06. The second-order valence-electron chi connectivity index (χ2n) is 9.45. The number of Topliss-reactive ketones (excluding diaryl/α,β-unsaturated/α-hetero) is 1. The molecule has 0 aromatic heterocycles. The van der Waals surface area contributed by atoms with Crippen molar-refractivity contribution in [2.45, 2.75) is 51.0 Å². The van der Waals surface area contributed by atoms with Crippen molar-refractivity contribution in [2.24, 2.45) is 35.0 Å². The van der Waals surface area contributed by atoms with Gasteiger partial charge in [0.25, 0.3) is 6.54 Å². The van der Waals surface area contributed by atoms with Crippen LogP contribution in [0.15, 0.2) is 11.6 Å². The number of aliphatic hydroxyl groups is 2. The van der Waals surface area contributed by atoms with Crippen LogP contribution in [0.5, 0.6) is 0 Å². The molecule has 0 heterocycles. The summed E-state index contributed by atoms with van der Waals surface area (Å²) in [6.45, 7) is -1.04. The molecule has 0 radical (unpaired) electrons. The van der Waals surface area contributed by atoms with Crippen LogP contribution in [-0.4, -0.2) is 68.3 Å². The zero-order valence-corrected chi connectivity index (χ0v) is 16.9. The molecule has 0 saturated heterocycles. The van der Waals surface area contributed by atoms with Crippen molar-refractivity contribution in [1.82, 2.24) is 0 Å². The predicted octanol–water partition coefficient (Wildman–Crippen LogP) is 0.814.